The summed E-state index contributed by atoms with van der Waals surface area (Å²) in [5.41, 5.74) is 2.62. The normalized spacial score (nSPS) is 10.5. The minimum atomic E-state index is 0.810. The second-order valence-corrected chi connectivity index (χ2v) is 5.44. The topological polar surface area (TPSA) is 37.8 Å². The highest BCUT2D eigenvalue weighted by Crippen LogP contribution is 2.23. The van der Waals surface area contributed by atoms with Crippen LogP contribution in [0.25, 0.3) is 0 Å². The lowest BCUT2D eigenvalue weighted by Crippen LogP contribution is -2.02. The van der Waals surface area contributed by atoms with Gasteiger partial charge in [0.1, 0.15) is 16.7 Å². The van der Waals surface area contributed by atoms with Gasteiger partial charge in [-0.2, -0.15) is 0 Å². The van der Waals surface area contributed by atoms with Crippen LogP contribution in [0.15, 0.2) is 35.4 Å². The average Bonchev–Trinajstić information content (AvgIpc) is 2.36. The van der Waals surface area contributed by atoms with Crippen molar-refractivity contribution >= 4 is 17.6 Å². The highest BCUT2D eigenvalue weighted by Gasteiger charge is 2.03. The number of rotatable bonds is 5. The molecule has 19 heavy (non-hydrogen) atoms. The van der Waals surface area contributed by atoms with E-state index in [9.17, 15) is 0 Å². The van der Waals surface area contributed by atoms with Crippen molar-refractivity contribution in [1.29, 1.82) is 0 Å². The van der Waals surface area contributed by atoms with Gasteiger partial charge in [0.2, 0.25) is 0 Å². The first-order valence-corrected chi connectivity index (χ1v) is 7.44. The Morgan fingerprint density at radius 3 is 2.74 bits per heavy atom. The molecule has 0 bridgehead atoms. The van der Waals surface area contributed by atoms with E-state index in [-0.39, 0.29) is 0 Å². The van der Waals surface area contributed by atoms with E-state index in [4.69, 9.17) is 0 Å². The molecular weight excluding hydrogens is 254 g/mol. The Morgan fingerprint density at radius 2 is 2.00 bits per heavy atom. The Morgan fingerprint density at radius 1 is 1.16 bits per heavy atom. The number of hydrogen-bond donors (Lipinski definition) is 1. The maximum Gasteiger partial charge on any atom is 0.130 e. The molecule has 1 aromatic heterocycles. The molecule has 0 aliphatic carbocycles. The molecule has 1 heterocycles. The fourth-order valence-corrected chi connectivity index (χ4v) is 2.73. The van der Waals surface area contributed by atoms with E-state index >= 15 is 0 Å². The summed E-state index contributed by atoms with van der Waals surface area (Å²) < 4.78 is 0. The predicted molar refractivity (Wildman–Crippen MR) is 81.7 cm³/mol. The smallest absolute Gasteiger partial charge is 0.130 e. The van der Waals surface area contributed by atoms with Crippen molar-refractivity contribution < 1.29 is 0 Å². The Balaban J connectivity index is 2.06. The molecule has 0 saturated heterocycles. The summed E-state index contributed by atoms with van der Waals surface area (Å²) in [5, 5.41) is 4.25. The van der Waals surface area contributed by atoms with Crippen LogP contribution < -0.4 is 5.32 Å². The van der Waals surface area contributed by atoms with E-state index in [1.165, 1.54) is 11.1 Å². The van der Waals surface area contributed by atoms with Gasteiger partial charge in [0, 0.05) is 18.4 Å². The molecule has 0 saturated carbocycles. The summed E-state index contributed by atoms with van der Waals surface area (Å²) in [7, 11) is 0. The molecule has 0 aliphatic heterocycles. The van der Waals surface area contributed by atoms with Gasteiger partial charge in [-0.25, -0.2) is 9.97 Å². The van der Waals surface area contributed by atoms with Crippen molar-refractivity contribution in [3.05, 3.63) is 47.3 Å². The number of aromatic nitrogens is 2. The molecule has 2 aromatic rings. The van der Waals surface area contributed by atoms with Gasteiger partial charge in [-0.15, -0.1) is 11.8 Å². The maximum atomic E-state index is 4.47. The Bertz CT molecular complexity index is 555. The zero-order valence-corrected chi connectivity index (χ0v) is 12.4. The third kappa shape index (κ3) is 4.24. The standard InChI is InChI=1S/C15H19N3S/c1-4-16-14-9-15(18-12(3)17-14)19-10-13-7-5-6-11(2)8-13/h5-9H,4,10H2,1-3H3,(H,16,17,18). The lowest BCUT2D eigenvalue weighted by atomic mass is 10.2. The average molecular weight is 273 g/mol. The lowest BCUT2D eigenvalue weighted by Gasteiger charge is -2.07. The number of hydrogen-bond acceptors (Lipinski definition) is 4. The summed E-state index contributed by atoms with van der Waals surface area (Å²) in [4.78, 5) is 8.82. The monoisotopic (exact) mass is 273 g/mol. The number of anilines is 1. The predicted octanol–water partition coefficient (Wildman–Crippen LogP) is 3.82. The van der Waals surface area contributed by atoms with E-state index in [0.717, 1.165) is 29.0 Å². The van der Waals surface area contributed by atoms with Gasteiger partial charge in [0.25, 0.3) is 0 Å². The Labute approximate surface area is 118 Å². The molecule has 100 valence electrons. The minimum Gasteiger partial charge on any atom is -0.370 e. The zero-order chi connectivity index (χ0) is 13.7. The summed E-state index contributed by atoms with van der Waals surface area (Å²) >= 11 is 1.75. The number of benzene rings is 1. The third-order valence-corrected chi connectivity index (χ3v) is 3.62. The molecule has 0 amide bonds. The highest BCUT2D eigenvalue weighted by molar-refractivity contribution is 7.98. The first-order chi connectivity index (χ1) is 9.17. The molecule has 0 unspecified atom stereocenters. The van der Waals surface area contributed by atoms with Crippen molar-refractivity contribution in [2.24, 2.45) is 0 Å². The van der Waals surface area contributed by atoms with Gasteiger partial charge < -0.3 is 5.32 Å². The van der Waals surface area contributed by atoms with E-state index in [2.05, 4.69) is 53.4 Å². The molecule has 0 radical (unpaired) electrons. The van der Waals surface area contributed by atoms with Crippen molar-refractivity contribution in [2.45, 2.75) is 31.6 Å². The zero-order valence-electron chi connectivity index (χ0n) is 11.6. The van der Waals surface area contributed by atoms with Crippen molar-refractivity contribution in [3.63, 3.8) is 0 Å². The number of nitrogens with one attached hydrogen (secondary N) is 1. The van der Waals surface area contributed by atoms with Crippen LogP contribution in [0, 0.1) is 13.8 Å². The van der Waals surface area contributed by atoms with Crippen LogP contribution in [0.3, 0.4) is 0 Å². The van der Waals surface area contributed by atoms with Gasteiger partial charge in [0.05, 0.1) is 0 Å². The molecular formula is C15H19N3S. The van der Waals surface area contributed by atoms with Crippen LogP contribution in [0.1, 0.15) is 23.9 Å². The van der Waals surface area contributed by atoms with Gasteiger partial charge >= 0.3 is 0 Å². The van der Waals surface area contributed by atoms with Gasteiger partial charge in [-0.3, -0.25) is 0 Å². The molecule has 0 fully saturated rings. The van der Waals surface area contributed by atoms with Crippen LogP contribution in [-0.4, -0.2) is 16.5 Å². The van der Waals surface area contributed by atoms with Crippen LogP contribution >= 0.6 is 11.8 Å². The number of nitrogens with zero attached hydrogens (tertiary/aromatic N) is 2. The highest BCUT2D eigenvalue weighted by atomic mass is 32.2. The Hall–Kier alpha value is -1.55. The fraction of sp³-hybridized carbons (Fsp3) is 0.333. The van der Waals surface area contributed by atoms with Crippen molar-refractivity contribution in [2.75, 3.05) is 11.9 Å². The van der Waals surface area contributed by atoms with Crippen LogP contribution in [0.4, 0.5) is 5.82 Å². The summed E-state index contributed by atoms with van der Waals surface area (Å²) in [5.74, 6) is 2.65. The Kier molecular flexibility index (Phi) is 4.80. The van der Waals surface area contributed by atoms with Crippen LogP contribution in [-0.2, 0) is 5.75 Å². The van der Waals surface area contributed by atoms with Crippen LogP contribution in [0.2, 0.25) is 0 Å². The second kappa shape index (κ2) is 6.57. The van der Waals surface area contributed by atoms with E-state index in [1.54, 1.807) is 11.8 Å². The first kappa shape index (κ1) is 13.9. The van der Waals surface area contributed by atoms with Gasteiger partial charge in [-0.1, -0.05) is 29.8 Å². The molecule has 2 rings (SSSR count). The quantitative estimate of drug-likeness (QED) is 0.664. The number of thioether (sulfide) groups is 1. The second-order valence-electron chi connectivity index (χ2n) is 4.45. The minimum absolute atomic E-state index is 0.810. The number of aryl methyl sites for hydroxylation is 2. The van der Waals surface area contributed by atoms with E-state index in [0.29, 0.717) is 0 Å². The molecule has 3 nitrogen and oxygen atoms in total. The first-order valence-electron chi connectivity index (χ1n) is 6.45. The van der Waals surface area contributed by atoms with Crippen LogP contribution in [0.5, 0.6) is 0 Å². The SMILES string of the molecule is CCNc1cc(SCc2cccc(C)c2)nc(C)n1. The van der Waals surface area contributed by atoms with Gasteiger partial charge in [-0.05, 0) is 26.3 Å². The lowest BCUT2D eigenvalue weighted by molar-refractivity contribution is 0.960. The molecule has 1 N–H and O–H groups in total. The van der Waals surface area contributed by atoms with Crippen molar-refractivity contribution in [3.8, 4) is 0 Å². The third-order valence-electron chi connectivity index (χ3n) is 2.64. The largest absolute Gasteiger partial charge is 0.370 e. The molecule has 0 aliphatic rings. The summed E-state index contributed by atoms with van der Waals surface area (Å²) in [6.45, 7) is 6.99. The van der Waals surface area contributed by atoms with Gasteiger partial charge in [0.15, 0.2) is 0 Å². The van der Waals surface area contributed by atoms with E-state index < -0.39 is 0 Å². The summed E-state index contributed by atoms with van der Waals surface area (Å²) in [6, 6.07) is 10.6. The fourth-order valence-electron chi connectivity index (χ4n) is 1.85. The van der Waals surface area contributed by atoms with Crippen molar-refractivity contribution in [1.82, 2.24) is 9.97 Å². The molecule has 1 aromatic carbocycles. The molecule has 0 spiro atoms. The summed E-state index contributed by atoms with van der Waals surface area (Å²) in [6.07, 6.45) is 0. The molecule has 4 heteroatoms. The molecule has 0 atom stereocenters. The van der Waals surface area contributed by atoms with E-state index in [1.807, 2.05) is 13.0 Å². The maximum absolute atomic E-state index is 4.47.